The second-order valence-electron chi connectivity index (χ2n) is 11.4. The Balaban J connectivity index is 3.62. The fraction of sp³-hybridized carbons (Fsp3) is 1.00. The van der Waals surface area contributed by atoms with Crippen molar-refractivity contribution in [2.75, 3.05) is 20.0 Å². The first-order valence-electron chi connectivity index (χ1n) is 14.2. The molecule has 0 radical (unpaired) electrons. The van der Waals surface area contributed by atoms with Crippen LogP contribution in [0.25, 0.3) is 0 Å². The minimum absolute atomic E-state index is 0.175. The van der Waals surface area contributed by atoms with Crippen LogP contribution in [0.1, 0.15) is 132 Å². The Morgan fingerprint density at radius 1 is 0.545 bits per heavy atom. The molecular weight excluding hydrogens is 412 g/mol. The highest BCUT2D eigenvalue weighted by Gasteiger charge is 2.17. The Morgan fingerprint density at radius 2 is 1.06 bits per heavy atom. The molecule has 0 aromatic carbocycles. The molecule has 6 unspecified atom stereocenters. The van der Waals surface area contributed by atoms with Crippen molar-refractivity contribution in [1.29, 1.82) is 0 Å². The lowest BCUT2D eigenvalue weighted by atomic mass is 9.82. The molecular formula is C29H60O4. The third kappa shape index (κ3) is 23.4. The van der Waals surface area contributed by atoms with Gasteiger partial charge < -0.3 is 9.84 Å². The Kier molecular flexibility index (Phi) is 22.2. The smallest absolute Gasteiger partial charge is 0.180 e. The monoisotopic (exact) mass is 472 g/mol. The molecule has 1 N–H and O–H groups in total. The number of hydrogen-bond acceptors (Lipinski definition) is 4. The van der Waals surface area contributed by atoms with Gasteiger partial charge in [0, 0.05) is 6.61 Å². The van der Waals surface area contributed by atoms with E-state index >= 15 is 0 Å². The highest BCUT2D eigenvalue weighted by molar-refractivity contribution is 4.68. The van der Waals surface area contributed by atoms with Crippen molar-refractivity contribution in [3.05, 3.63) is 0 Å². The molecule has 0 aromatic rings. The maximum atomic E-state index is 9.57. The quantitative estimate of drug-likeness (QED) is 0.0661. The van der Waals surface area contributed by atoms with Gasteiger partial charge in [0.05, 0.1) is 12.7 Å². The molecule has 0 aliphatic heterocycles. The maximum absolute atomic E-state index is 9.57. The molecule has 200 valence electrons. The summed E-state index contributed by atoms with van der Waals surface area (Å²) in [6, 6.07) is 0. The van der Waals surface area contributed by atoms with Gasteiger partial charge in [-0.15, -0.1) is 0 Å². The summed E-state index contributed by atoms with van der Waals surface area (Å²) < 4.78 is 5.46. The van der Waals surface area contributed by atoms with Gasteiger partial charge in [0.2, 0.25) is 0 Å². The van der Waals surface area contributed by atoms with E-state index in [0.717, 1.165) is 49.5 Å². The van der Waals surface area contributed by atoms with E-state index in [0.29, 0.717) is 12.5 Å². The topological polar surface area (TPSA) is 47.9 Å². The Bertz CT molecular complexity index is 401. The number of hydrogen-bond donors (Lipinski definition) is 1. The van der Waals surface area contributed by atoms with Gasteiger partial charge in [-0.3, -0.25) is 0 Å². The Morgan fingerprint density at radius 3 is 1.64 bits per heavy atom. The first-order chi connectivity index (χ1) is 15.7. The minimum Gasteiger partial charge on any atom is -0.393 e. The first kappa shape index (κ1) is 32.8. The number of unbranched alkanes of at least 4 members (excludes halogenated alkanes) is 5. The van der Waals surface area contributed by atoms with Crippen LogP contribution in [-0.2, 0) is 14.5 Å². The van der Waals surface area contributed by atoms with Crippen LogP contribution in [-0.4, -0.2) is 31.2 Å². The standard InChI is InChI=1S/C29H60O4/c1-8-9-10-11-12-13-16-31-23-33-32-17-14-15-24(2)18-25(3)19-26(4)20-27(5)21-28(6)22-29(7)30/h24-30H,8-23H2,1-7H3. The molecule has 0 rings (SSSR count). The predicted molar refractivity (Wildman–Crippen MR) is 141 cm³/mol. The molecule has 0 heterocycles. The highest BCUT2D eigenvalue weighted by Crippen LogP contribution is 2.28. The number of ether oxygens (including phenoxy) is 1. The van der Waals surface area contributed by atoms with Crippen LogP contribution >= 0.6 is 0 Å². The van der Waals surface area contributed by atoms with Gasteiger partial charge in [0.1, 0.15) is 0 Å². The van der Waals surface area contributed by atoms with Crippen molar-refractivity contribution in [3.63, 3.8) is 0 Å². The van der Waals surface area contributed by atoms with Crippen LogP contribution < -0.4 is 0 Å². The van der Waals surface area contributed by atoms with Gasteiger partial charge in [0.15, 0.2) is 6.79 Å². The normalized spacial score (nSPS) is 17.5. The lowest BCUT2D eigenvalue weighted by Gasteiger charge is -2.24. The molecule has 0 aromatic heterocycles. The molecule has 4 nitrogen and oxygen atoms in total. The molecule has 0 aliphatic rings. The van der Waals surface area contributed by atoms with Crippen LogP contribution in [0.2, 0.25) is 0 Å². The zero-order valence-electron chi connectivity index (χ0n) is 23.4. The van der Waals surface area contributed by atoms with Crippen LogP contribution in [0.4, 0.5) is 0 Å². The summed E-state index contributed by atoms with van der Waals surface area (Å²) in [5, 5.41) is 9.57. The highest BCUT2D eigenvalue weighted by atomic mass is 17.2. The van der Waals surface area contributed by atoms with Crippen molar-refractivity contribution in [2.45, 2.75) is 138 Å². The summed E-state index contributed by atoms with van der Waals surface area (Å²) in [5.41, 5.74) is 0. The summed E-state index contributed by atoms with van der Waals surface area (Å²) in [7, 11) is 0. The lowest BCUT2D eigenvalue weighted by Crippen LogP contribution is -2.14. The van der Waals surface area contributed by atoms with E-state index in [1.165, 1.54) is 64.2 Å². The third-order valence-electron chi connectivity index (χ3n) is 6.74. The van der Waals surface area contributed by atoms with Crippen molar-refractivity contribution in [3.8, 4) is 0 Å². The van der Waals surface area contributed by atoms with Crippen molar-refractivity contribution in [2.24, 2.45) is 29.6 Å². The van der Waals surface area contributed by atoms with E-state index in [-0.39, 0.29) is 12.9 Å². The van der Waals surface area contributed by atoms with E-state index in [1.807, 2.05) is 6.92 Å². The van der Waals surface area contributed by atoms with E-state index in [4.69, 9.17) is 14.5 Å². The van der Waals surface area contributed by atoms with Gasteiger partial charge in [-0.1, -0.05) is 73.6 Å². The minimum atomic E-state index is -0.175. The van der Waals surface area contributed by atoms with Crippen molar-refractivity contribution in [1.82, 2.24) is 0 Å². The molecule has 6 atom stereocenters. The van der Waals surface area contributed by atoms with Crippen molar-refractivity contribution >= 4 is 0 Å². The predicted octanol–water partition coefficient (Wildman–Crippen LogP) is 8.56. The Hall–Kier alpha value is -0.160. The first-order valence-corrected chi connectivity index (χ1v) is 14.2. The number of rotatable bonds is 24. The van der Waals surface area contributed by atoms with E-state index in [2.05, 4.69) is 41.5 Å². The zero-order chi connectivity index (χ0) is 24.9. The van der Waals surface area contributed by atoms with Gasteiger partial charge in [-0.05, 0) is 87.9 Å². The fourth-order valence-corrected chi connectivity index (χ4v) is 5.49. The number of aliphatic hydroxyl groups is 1. The van der Waals surface area contributed by atoms with Crippen LogP contribution in [0, 0.1) is 29.6 Å². The maximum Gasteiger partial charge on any atom is 0.180 e. The van der Waals surface area contributed by atoms with Gasteiger partial charge in [-0.25, -0.2) is 9.78 Å². The SMILES string of the molecule is CCCCCCCCOCOOCCCC(C)CC(C)CC(C)CC(C)CC(C)CC(C)O. The summed E-state index contributed by atoms with van der Waals surface area (Å²) in [4.78, 5) is 10.4. The fourth-order valence-electron chi connectivity index (χ4n) is 5.49. The molecule has 0 bridgehead atoms. The van der Waals surface area contributed by atoms with Crippen LogP contribution in [0.3, 0.4) is 0 Å². The van der Waals surface area contributed by atoms with Gasteiger partial charge in [0.25, 0.3) is 0 Å². The van der Waals surface area contributed by atoms with Gasteiger partial charge >= 0.3 is 0 Å². The average Bonchev–Trinajstić information content (AvgIpc) is 2.70. The largest absolute Gasteiger partial charge is 0.393 e. The molecule has 0 saturated heterocycles. The lowest BCUT2D eigenvalue weighted by molar-refractivity contribution is -0.336. The van der Waals surface area contributed by atoms with E-state index in [9.17, 15) is 5.11 Å². The molecule has 0 fully saturated rings. The summed E-state index contributed by atoms with van der Waals surface area (Å²) in [5.74, 6) is 3.62. The Labute approximate surface area is 207 Å². The van der Waals surface area contributed by atoms with E-state index in [1.54, 1.807) is 0 Å². The molecule has 0 aliphatic carbocycles. The zero-order valence-corrected chi connectivity index (χ0v) is 23.4. The molecule has 0 amide bonds. The summed E-state index contributed by atoms with van der Waals surface area (Å²) in [6.07, 6.45) is 15.8. The second kappa shape index (κ2) is 22.3. The number of aliphatic hydroxyl groups excluding tert-OH is 1. The second-order valence-corrected chi connectivity index (χ2v) is 11.4. The van der Waals surface area contributed by atoms with Crippen molar-refractivity contribution < 1.29 is 19.6 Å². The average molecular weight is 473 g/mol. The van der Waals surface area contributed by atoms with Crippen LogP contribution in [0.15, 0.2) is 0 Å². The van der Waals surface area contributed by atoms with Gasteiger partial charge in [-0.2, -0.15) is 0 Å². The molecule has 0 saturated carbocycles. The molecule has 33 heavy (non-hydrogen) atoms. The summed E-state index contributed by atoms with van der Waals surface area (Å²) in [6.45, 7) is 17.7. The third-order valence-corrected chi connectivity index (χ3v) is 6.74. The molecule has 4 heteroatoms. The van der Waals surface area contributed by atoms with Crippen LogP contribution in [0.5, 0.6) is 0 Å². The molecule has 0 spiro atoms. The summed E-state index contributed by atoms with van der Waals surface area (Å²) >= 11 is 0. The van der Waals surface area contributed by atoms with E-state index < -0.39 is 0 Å².